The van der Waals surface area contributed by atoms with Gasteiger partial charge >= 0.3 is 0 Å². The van der Waals surface area contributed by atoms with Gasteiger partial charge in [-0.3, -0.25) is 0 Å². The molecule has 0 aromatic carbocycles. The van der Waals surface area contributed by atoms with Crippen LogP contribution in [0.2, 0.25) is 0 Å². The van der Waals surface area contributed by atoms with Gasteiger partial charge in [0.2, 0.25) is 0 Å². The molecule has 0 saturated carbocycles. The Balaban J connectivity index is -0.00000000615. The second kappa shape index (κ2) is 121. The fraction of sp³-hybridized carbons (Fsp3) is 1.00. The van der Waals surface area contributed by atoms with Crippen LogP contribution in [0.5, 0.6) is 0 Å². The zero-order valence-corrected chi connectivity index (χ0v) is 8.24. The smallest absolute Gasteiger partial charge is 0.0538 e. The summed E-state index contributed by atoms with van der Waals surface area (Å²) in [6, 6.07) is 0. The van der Waals surface area contributed by atoms with Gasteiger partial charge in [0.25, 0.3) is 0 Å². The van der Waals surface area contributed by atoms with Gasteiger partial charge in [0, 0.05) is 0 Å². The van der Waals surface area contributed by atoms with Crippen molar-refractivity contribution in [1.29, 1.82) is 0 Å². The molecule has 0 aromatic rings. The highest BCUT2D eigenvalue weighted by Gasteiger charge is 1.68. The first-order chi connectivity index (χ1) is 4.83. The van der Waals surface area contributed by atoms with Gasteiger partial charge in [0.05, 0.1) is 0 Å². The van der Waals surface area contributed by atoms with Crippen molar-refractivity contribution in [3.05, 3.63) is 0 Å². The Morgan fingerprint density at radius 3 is 0.444 bits per heavy atom. The van der Waals surface area contributed by atoms with Crippen LogP contribution in [-0.2, 0) is 0 Å². The highest BCUT2D eigenvalue weighted by molar-refractivity contribution is 4.24. The normalized spacial score (nSPS) is 4.67. The van der Waals surface area contributed by atoms with Gasteiger partial charge in [0.15, 0.2) is 0 Å². The lowest BCUT2D eigenvalue weighted by molar-refractivity contribution is 0.772. The molecule has 0 aromatic heterocycles. The van der Waals surface area contributed by atoms with Crippen LogP contribution in [0, 0.1) is 0 Å². The summed E-state index contributed by atoms with van der Waals surface area (Å²) in [5.41, 5.74) is 0. The van der Waals surface area contributed by atoms with E-state index >= 15 is 0 Å². The van der Waals surface area contributed by atoms with Crippen molar-refractivity contribution in [1.82, 2.24) is 0 Å². The Kier molecular flexibility index (Phi) is 546. The SMILES string of the molecule is C.C.C.C.C.C.C.C.CCCCC.CCCCC. The van der Waals surface area contributed by atoms with E-state index in [2.05, 4.69) is 27.7 Å². The molecule has 0 atom stereocenters. The van der Waals surface area contributed by atoms with Crippen LogP contribution in [0.15, 0.2) is 0 Å². The van der Waals surface area contributed by atoms with Crippen molar-refractivity contribution in [2.24, 2.45) is 0 Å². The summed E-state index contributed by atoms with van der Waals surface area (Å²) in [5, 5.41) is 0. The molecular weight excluding hydrogens is 216 g/mol. The highest BCUT2D eigenvalue weighted by atomic mass is 13.7. The van der Waals surface area contributed by atoms with E-state index < -0.39 is 0 Å². The summed E-state index contributed by atoms with van der Waals surface area (Å²) in [5.74, 6) is 0. The fourth-order valence-electron chi connectivity index (χ4n) is 0.707. The average Bonchev–Trinajstić information content (AvgIpc) is 1.93. The molecule has 0 aliphatic heterocycles. The van der Waals surface area contributed by atoms with Crippen molar-refractivity contribution in [3.8, 4) is 0 Å². The van der Waals surface area contributed by atoms with E-state index in [1.807, 2.05) is 0 Å². The molecule has 128 valence electrons. The van der Waals surface area contributed by atoms with Gasteiger partial charge in [0.1, 0.15) is 0 Å². The lowest BCUT2D eigenvalue weighted by atomic mass is 10.3. The molecule has 0 rings (SSSR count). The minimum atomic E-state index is 0. The maximum absolute atomic E-state index is 2.21. The summed E-state index contributed by atoms with van der Waals surface area (Å²) < 4.78 is 0. The monoisotopic (exact) mass is 272 g/mol. The van der Waals surface area contributed by atoms with E-state index in [1.165, 1.54) is 38.5 Å². The van der Waals surface area contributed by atoms with E-state index in [9.17, 15) is 0 Å². The van der Waals surface area contributed by atoms with Gasteiger partial charge in [-0.2, -0.15) is 0 Å². The van der Waals surface area contributed by atoms with Crippen LogP contribution in [0.3, 0.4) is 0 Å². The third kappa shape index (κ3) is 225. The van der Waals surface area contributed by atoms with E-state index in [4.69, 9.17) is 0 Å². The third-order valence-corrected chi connectivity index (χ3v) is 1.41. The molecule has 0 unspecified atom stereocenters. The third-order valence-electron chi connectivity index (χ3n) is 1.41. The van der Waals surface area contributed by atoms with E-state index in [0.29, 0.717) is 0 Å². The topological polar surface area (TPSA) is 0 Å². The molecule has 0 aliphatic rings. The number of hydrogen-bond donors (Lipinski definition) is 0. The minimum Gasteiger partial charge on any atom is -0.0776 e. The van der Waals surface area contributed by atoms with E-state index in [0.717, 1.165) is 0 Å². The summed E-state index contributed by atoms with van der Waals surface area (Å²) >= 11 is 0. The maximum atomic E-state index is 2.21. The van der Waals surface area contributed by atoms with Gasteiger partial charge in [-0.05, 0) is 0 Å². The van der Waals surface area contributed by atoms with Crippen LogP contribution in [0.4, 0.5) is 0 Å². The average molecular weight is 273 g/mol. The van der Waals surface area contributed by atoms with Gasteiger partial charge in [-0.15, -0.1) is 0 Å². The Labute approximate surface area is 126 Å². The lowest BCUT2D eigenvalue weighted by Gasteiger charge is -1.79. The second-order valence-corrected chi connectivity index (χ2v) is 2.71. The molecule has 0 heteroatoms. The Hall–Kier alpha value is 0. The molecule has 0 saturated heterocycles. The molecule has 0 N–H and O–H groups in total. The van der Waals surface area contributed by atoms with E-state index in [-0.39, 0.29) is 59.4 Å². The lowest BCUT2D eigenvalue weighted by Crippen LogP contribution is -1.59. The van der Waals surface area contributed by atoms with Crippen LogP contribution in [0.25, 0.3) is 0 Å². The van der Waals surface area contributed by atoms with Gasteiger partial charge in [-0.25, -0.2) is 0 Å². The molecule has 0 bridgehead atoms. The molecule has 0 heterocycles. The molecule has 0 amide bonds. The molecule has 0 nitrogen and oxygen atoms in total. The van der Waals surface area contributed by atoms with Crippen molar-refractivity contribution in [2.75, 3.05) is 0 Å². The number of hydrogen-bond acceptors (Lipinski definition) is 0. The fourth-order valence-corrected chi connectivity index (χ4v) is 0.707. The standard InChI is InChI=1S/2C5H12.8CH4/c2*1-3-5-4-2;;;;;;;;/h2*3-5H2,1-2H3;8*1H4. The molecule has 0 radical (unpaired) electrons. The van der Waals surface area contributed by atoms with Crippen molar-refractivity contribution >= 4 is 0 Å². The first-order valence-electron chi connectivity index (χ1n) is 4.83. The first-order valence-corrected chi connectivity index (χ1v) is 4.83. The van der Waals surface area contributed by atoms with Gasteiger partial charge < -0.3 is 0 Å². The first kappa shape index (κ1) is 81.3. The zero-order valence-electron chi connectivity index (χ0n) is 8.24. The Bertz CT molecular complexity index is 21.0. The van der Waals surface area contributed by atoms with Crippen LogP contribution in [0.1, 0.15) is 126 Å². The Morgan fingerprint density at radius 2 is 0.444 bits per heavy atom. The molecule has 0 spiro atoms. The maximum Gasteiger partial charge on any atom is -0.0538 e. The largest absolute Gasteiger partial charge is 0.0776 e. The predicted octanol–water partition coefficient (Wildman–Crippen LogP) is 9.48. The predicted molar refractivity (Wildman–Crippen MR) is 104 cm³/mol. The van der Waals surface area contributed by atoms with E-state index in [1.54, 1.807) is 0 Å². The molecule has 18 heavy (non-hydrogen) atoms. The van der Waals surface area contributed by atoms with Crippen molar-refractivity contribution in [2.45, 2.75) is 126 Å². The van der Waals surface area contributed by atoms with Crippen molar-refractivity contribution < 1.29 is 0 Å². The summed E-state index contributed by atoms with van der Waals surface area (Å²) in [4.78, 5) is 0. The minimum absolute atomic E-state index is 0. The number of rotatable bonds is 4. The molecule has 0 fully saturated rings. The second-order valence-electron chi connectivity index (χ2n) is 2.71. The van der Waals surface area contributed by atoms with Gasteiger partial charge in [-0.1, -0.05) is 126 Å². The highest BCUT2D eigenvalue weighted by Crippen LogP contribution is 1.88. The quantitative estimate of drug-likeness (QED) is 0.478. The van der Waals surface area contributed by atoms with Crippen molar-refractivity contribution in [3.63, 3.8) is 0 Å². The Morgan fingerprint density at radius 1 is 0.333 bits per heavy atom. The zero-order chi connectivity index (χ0) is 8.24. The summed E-state index contributed by atoms with van der Waals surface area (Å²) in [6.07, 6.45) is 8.15. The van der Waals surface area contributed by atoms with Crippen LogP contribution in [-0.4, -0.2) is 0 Å². The summed E-state index contributed by atoms with van der Waals surface area (Å²) in [6.45, 7) is 8.85. The molecular formula is C18H56. The summed E-state index contributed by atoms with van der Waals surface area (Å²) in [7, 11) is 0. The van der Waals surface area contributed by atoms with Crippen LogP contribution < -0.4 is 0 Å². The van der Waals surface area contributed by atoms with Crippen LogP contribution >= 0.6 is 0 Å². The molecule has 0 aliphatic carbocycles. The number of unbranched alkanes of at least 4 members (excludes halogenated alkanes) is 4.